The second-order valence-corrected chi connectivity index (χ2v) is 9.33. The quantitative estimate of drug-likeness (QED) is 0.327. The molecule has 0 amide bonds. The van der Waals surface area contributed by atoms with Gasteiger partial charge in [-0.25, -0.2) is 9.97 Å². The van der Waals surface area contributed by atoms with Crippen molar-refractivity contribution in [1.82, 2.24) is 45.0 Å². The molecule has 6 aromatic heterocycles. The van der Waals surface area contributed by atoms with Crippen molar-refractivity contribution < 1.29 is 4.74 Å². The zero-order valence-corrected chi connectivity index (χ0v) is 20.6. The molecule has 1 fully saturated rings. The molecular formula is C28H25N9O. The van der Waals surface area contributed by atoms with Crippen LogP contribution in [0.15, 0.2) is 67.3 Å². The van der Waals surface area contributed by atoms with Crippen LogP contribution in [-0.2, 0) is 0 Å². The van der Waals surface area contributed by atoms with Crippen molar-refractivity contribution in [2.75, 3.05) is 26.2 Å². The van der Waals surface area contributed by atoms with E-state index in [0.29, 0.717) is 29.3 Å². The molecule has 7 heterocycles. The van der Waals surface area contributed by atoms with E-state index >= 15 is 0 Å². The van der Waals surface area contributed by atoms with Crippen molar-refractivity contribution in [3.05, 3.63) is 67.3 Å². The Morgan fingerprint density at radius 3 is 2.66 bits per heavy atom. The van der Waals surface area contributed by atoms with Gasteiger partial charge in [0, 0.05) is 30.7 Å². The summed E-state index contributed by atoms with van der Waals surface area (Å²) in [6.45, 7) is 3.89. The number of fused-ring (bicyclic) bond motifs is 2. The molecule has 0 aliphatic carbocycles. The molecule has 0 radical (unpaired) electrons. The van der Waals surface area contributed by atoms with Crippen LogP contribution in [0.25, 0.3) is 56.2 Å². The van der Waals surface area contributed by atoms with E-state index in [1.807, 2.05) is 42.5 Å². The molecule has 0 bridgehead atoms. The van der Waals surface area contributed by atoms with Crippen LogP contribution in [0.4, 0.5) is 0 Å². The minimum atomic E-state index is 0.609. The topological polar surface area (TPSA) is 121 Å². The number of hydrogen-bond acceptors (Lipinski definition) is 8. The van der Waals surface area contributed by atoms with Crippen LogP contribution in [0.1, 0.15) is 12.8 Å². The van der Waals surface area contributed by atoms with Crippen molar-refractivity contribution in [2.24, 2.45) is 0 Å². The Hall–Kier alpha value is -4.70. The van der Waals surface area contributed by atoms with Gasteiger partial charge in [-0.2, -0.15) is 5.10 Å². The van der Waals surface area contributed by atoms with E-state index < -0.39 is 0 Å². The number of likely N-dealkylation sites (tertiary alicyclic amines) is 1. The van der Waals surface area contributed by atoms with Crippen molar-refractivity contribution in [2.45, 2.75) is 12.8 Å². The van der Waals surface area contributed by atoms with Crippen molar-refractivity contribution >= 4 is 22.1 Å². The minimum absolute atomic E-state index is 0.609. The molecular weight excluding hydrogens is 478 g/mol. The average Bonchev–Trinajstić information content (AvgIpc) is 3.73. The zero-order valence-electron chi connectivity index (χ0n) is 20.6. The van der Waals surface area contributed by atoms with Gasteiger partial charge in [-0.05, 0) is 62.3 Å². The fraction of sp³-hybridized carbons (Fsp3) is 0.214. The van der Waals surface area contributed by atoms with Crippen LogP contribution in [0.2, 0.25) is 0 Å². The number of imidazole rings is 1. The molecule has 6 aromatic rings. The Labute approximate surface area is 218 Å². The summed E-state index contributed by atoms with van der Waals surface area (Å²) in [5, 5.41) is 7.61. The Bertz CT molecular complexity index is 1720. The number of ether oxygens (including phenoxy) is 1. The maximum atomic E-state index is 6.00. The Kier molecular flexibility index (Phi) is 5.71. The van der Waals surface area contributed by atoms with E-state index in [1.165, 1.54) is 12.8 Å². The third kappa shape index (κ3) is 4.24. The number of rotatable bonds is 7. The maximum Gasteiger partial charge on any atom is 0.161 e. The standard InChI is InChI=1S/C28H25N9O/c1-2-9-30-21(5-1)24-25-22(8-10-31-24)33-28(34-25)27-26-23(35-36-27)7-6-20(32-26)18-15-19(17-29-16-18)38-14-13-37-11-3-4-12-37/h1-2,5-10,15-17H,3-4,11-14H2,(H,33,34)(H,35,36). The fourth-order valence-electron chi connectivity index (χ4n) is 4.90. The predicted molar refractivity (Wildman–Crippen MR) is 144 cm³/mol. The highest BCUT2D eigenvalue weighted by Crippen LogP contribution is 2.30. The first-order chi connectivity index (χ1) is 18.8. The first-order valence-electron chi connectivity index (χ1n) is 12.7. The number of pyridine rings is 4. The highest BCUT2D eigenvalue weighted by molar-refractivity contribution is 5.94. The summed E-state index contributed by atoms with van der Waals surface area (Å²) in [6.07, 6.45) is 9.60. The van der Waals surface area contributed by atoms with Gasteiger partial charge in [0.2, 0.25) is 0 Å². The fourth-order valence-corrected chi connectivity index (χ4v) is 4.90. The van der Waals surface area contributed by atoms with Gasteiger partial charge in [0.25, 0.3) is 0 Å². The summed E-state index contributed by atoms with van der Waals surface area (Å²) < 4.78 is 6.00. The second kappa shape index (κ2) is 9.64. The molecule has 7 rings (SSSR count). The molecule has 0 saturated carbocycles. The van der Waals surface area contributed by atoms with E-state index in [1.54, 1.807) is 24.8 Å². The van der Waals surface area contributed by atoms with Gasteiger partial charge < -0.3 is 9.72 Å². The van der Waals surface area contributed by atoms with E-state index in [0.717, 1.165) is 58.9 Å². The molecule has 188 valence electrons. The maximum absolute atomic E-state index is 6.00. The first kappa shape index (κ1) is 22.5. The Balaban J connectivity index is 1.20. The average molecular weight is 504 g/mol. The van der Waals surface area contributed by atoms with Gasteiger partial charge in [-0.1, -0.05) is 6.07 Å². The summed E-state index contributed by atoms with van der Waals surface area (Å²) in [4.78, 5) is 29.0. The first-order valence-corrected chi connectivity index (χ1v) is 12.7. The summed E-state index contributed by atoms with van der Waals surface area (Å²) in [7, 11) is 0. The van der Waals surface area contributed by atoms with Crippen molar-refractivity contribution in [3.8, 4) is 39.9 Å². The summed E-state index contributed by atoms with van der Waals surface area (Å²) in [5.41, 5.74) is 6.89. The number of nitrogens with zero attached hydrogens (tertiary/aromatic N) is 7. The van der Waals surface area contributed by atoms with Crippen molar-refractivity contribution in [3.63, 3.8) is 0 Å². The van der Waals surface area contributed by atoms with E-state index in [9.17, 15) is 0 Å². The largest absolute Gasteiger partial charge is 0.491 e. The number of hydrogen-bond donors (Lipinski definition) is 2. The van der Waals surface area contributed by atoms with Crippen LogP contribution < -0.4 is 4.74 Å². The van der Waals surface area contributed by atoms with Crippen LogP contribution >= 0.6 is 0 Å². The molecule has 2 N–H and O–H groups in total. The second-order valence-electron chi connectivity index (χ2n) is 9.33. The van der Waals surface area contributed by atoms with Gasteiger partial charge in [-0.15, -0.1) is 0 Å². The van der Waals surface area contributed by atoms with Crippen molar-refractivity contribution in [1.29, 1.82) is 0 Å². The molecule has 0 aromatic carbocycles. The monoisotopic (exact) mass is 503 g/mol. The number of aromatic nitrogens is 8. The molecule has 10 nitrogen and oxygen atoms in total. The van der Waals surface area contributed by atoms with Gasteiger partial charge >= 0.3 is 0 Å². The molecule has 0 spiro atoms. The molecule has 1 saturated heterocycles. The molecule has 1 aliphatic rings. The highest BCUT2D eigenvalue weighted by atomic mass is 16.5. The van der Waals surface area contributed by atoms with Crippen LogP contribution in [0.3, 0.4) is 0 Å². The molecule has 0 atom stereocenters. The lowest BCUT2D eigenvalue weighted by atomic mass is 10.1. The van der Waals surface area contributed by atoms with E-state index in [4.69, 9.17) is 14.7 Å². The number of nitrogens with one attached hydrogen (secondary N) is 2. The van der Waals surface area contributed by atoms with Gasteiger partial charge in [0.1, 0.15) is 29.1 Å². The minimum Gasteiger partial charge on any atom is -0.491 e. The molecule has 0 unspecified atom stereocenters. The lowest BCUT2D eigenvalue weighted by Crippen LogP contribution is -2.25. The lowest BCUT2D eigenvalue weighted by Gasteiger charge is -2.15. The SMILES string of the molecule is c1ccc(-c2nccc3[nH]c(-c4n[nH]c5ccc(-c6cncc(OCCN7CCCC7)c6)nc45)nc23)nc1. The highest BCUT2D eigenvalue weighted by Gasteiger charge is 2.18. The normalized spacial score (nSPS) is 14.0. The van der Waals surface area contributed by atoms with E-state index in [2.05, 4.69) is 35.0 Å². The molecule has 1 aliphatic heterocycles. The predicted octanol–water partition coefficient (Wildman–Crippen LogP) is 4.49. The smallest absolute Gasteiger partial charge is 0.161 e. The van der Waals surface area contributed by atoms with Crippen LogP contribution in [0.5, 0.6) is 5.75 Å². The Morgan fingerprint density at radius 1 is 0.842 bits per heavy atom. The zero-order chi connectivity index (χ0) is 25.3. The van der Waals surface area contributed by atoms with Gasteiger partial charge in [0.05, 0.1) is 28.6 Å². The molecule has 38 heavy (non-hydrogen) atoms. The van der Waals surface area contributed by atoms with Gasteiger partial charge in [-0.3, -0.25) is 25.0 Å². The summed E-state index contributed by atoms with van der Waals surface area (Å²) in [6, 6.07) is 13.5. The van der Waals surface area contributed by atoms with E-state index in [-0.39, 0.29) is 0 Å². The summed E-state index contributed by atoms with van der Waals surface area (Å²) >= 11 is 0. The molecule has 10 heteroatoms. The lowest BCUT2D eigenvalue weighted by molar-refractivity contribution is 0.237. The van der Waals surface area contributed by atoms with Gasteiger partial charge in [0.15, 0.2) is 11.5 Å². The number of aromatic amines is 2. The third-order valence-corrected chi connectivity index (χ3v) is 6.82. The number of H-pyrrole nitrogens is 2. The van der Waals surface area contributed by atoms with Crippen LogP contribution in [-0.4, -0.2) is 71.2 Å². The van der Waals surface area contributed by atoms with Crippen LogP contribution in [0, 0.1) is 0 Å². The third-order valence-electron chi connectivity index (χ3n) is 6.82. The Morgan fingerprint density at radius 2 is 1.76 bits per heavy atom. The summed E-state index contributed by atoms with van der Waals surface area (Å²) in [5.74, 6) is 1.35.